The van der Waals surface area contributed by atoms with Crippen LogP contribution in [0.5, 0.6) is 0 Å². The maximum Gasteiger partial charge on any atom is 0.310 e. The summed E-state index contributed by atoms with van der Waals surface area (Å²) in [6.45, 7) is 0.395. The Labute approximate surface area is 118 Å². The molecule has 0 saturated carbocycles. The second kappa shape index (κ2) is 5.17. The number of ether oxygens (including phenoxy) is 1. The van der Waals surface area contributed by atoms with Gasteiger partial charge in [-0.1, -0.05) is 5.21 Å². The summed E-state index contributed by atoms with van der Waals surface area (Å²) in [7, 11) is -0.923. The lowest BCUT2D eigenvalue weighted by Crippen LogP contribution is -2.31. The first-order valence-corrected chi connectivity index (χ1v) is 7.74. The van der Waals surface area contributed by atoms with Crippen molar-refractivity contribution in [3.8, 4) is 0 Å². The fraction of sp³-hybridized carbons (Fsp3) is 0.667. The molecule has 0 aromatic carbocycles. The predicted molar refractivity (Wildman–Crippen MR) is 67.6 cm³/mol. The number of carbonyl (C=O) groups is 1. The number of carbonyl (C=O) groups excluding carboxylic acids is 1. The van der Waals surface area contributed by atoms with Gasteiger partial charge in [0.15, 0.2) is 4.60 Å². The zero-order valence-corrected chi connectivity index (χ0v) is 12.8. The first-order valence-electron chi connectivity index (χ1n) is 5.51. The lowest BCUT2D eigenvalue weighted by Gasteiger charge is -2.15. The highest BCUT2D eigenvalue weighted by molar-refractivity contribution is 9.10. The van der Waals surface area contributed by atoms with Crippen LogP contribution >= 0.6 is 15.9 Å². The van der Waals surface area contributed by atoms with E-state index in [-0.39, 0.29) is 28.7 Å². The van der Waals surface area contributed by atoms with Gasteiger partial charge < -0.3 is 4.74 Å². The van der Waals surface area contributed by atoms with Crippen molar-refractivity contribution in [3.05, 3.63) is 4.60 Å². The molecule has 1 unspecified atom stereocenters. The summed E-state index contributed by atoms with van der Waals surface area (Å²) >= 11 is 3.07. The van der Waals surface area contributed by atoms with E-state index in [1.807, 2.05) is 0 Å². The first kappa shape index (κ1) is 14.4. The molecule has 19 heavy (non-hydrogen) atoms. The smallest absolute Gasteiger partial charge is 0.310 e. The molecule has 10 heteroatoms. The number of nitrogens with zero attached hydrogens (tertiary/aromatic N) is 4. The third-order valence-corrected chi connectivity index (χ3v) is 5.76. The van der Waals surface area contributed by atoms with Gasteiger partial charge in [-0.15, -0.1) is 5.10 Å². The first-order chi connectivity index (χ1) is 8.87. The van der Waals surface area contributed by atoms with E-state index in [1.165, 1.54) is 23.1 Å². The van der Waals surface area contributed by atoms with E-state index >= 15 is 0 Å². The monoisotopic (exact) mass is 352 g/mol. The van der Waals surface area contributed by atoms with Crippen LogP contribution in [0, 0.1) is 5.92 Å². The Hall–Kier alpha value is -1.00. The van der Waals surface area contributed by atoms with E-state index in [0.29, 0.717) is 6.42 Å². The van der Waals surface area contributed by atoms with Gasteiger partial charge in [-0.2, -0.15) is 4.31 Å². The molecule has 8 nitrogen and oxygen atoms in total. The zero-order valence-electron chi connectivity index (χ0n) is 10.4. The normalized spacial score (nSPS) is 20.7. The lowest BCUT2D eigenvalue weighted by atomic mass is 10.1. The van der Waals surface area contributed by atoms with Gasteiger partial charge in [0.25, 0.3) is 10.0 Å². The van der Waals surface area contributed by atoms with Gasteiger partial charge >= 0.3 is 5.97 Å². The average Bonchev–Trinajstić information content (AvgIpc) is 2.96. The molecular weight excluding hydrogens is 340 g/mol. The number of methoxy groups -OCH3 is 1. The molecular formula is C9H13BrN4O4S. The second-order valence-electron chi connectivity index (χ2n) is 4.18. The molecule has 1 atom stereocenters. The third kappa shape index (κ3) is 2.51. The van der Waals surface area contributed by atoms with E-state index < -0.39 is 15.9 Å². The summed E-state index contributed by atoms with van der Waals surface area (Å²) in [6, 6.07) is 0. The minimum absolute atomic E-state index is 0.0157. The second-order valence-corrected chi connectivity index (χ2v) is 6.79. The van der Waals surface area contributed by atoms with Gasteiger partial charge in [0, 0.05) is 20.1 Å². The molecule has 1 aromatic rings. The van der Waals surface area contributed by atoms with Crippen LogP contribution in [0.15, 0.2) is 9.63 Å². The maximum absolute atomic E-state index is 12.4. The van der Waals surface area contributed by atoms with E-state index in [1.54, 1.807) is 0 Å². The molecule has 0 radical (unpaired) electrons. The lowest BCUT2D eigenvalue weighted by molar-refractivity contribution is -0.144. The van der Waals surface area contributed by atoms with Crippen molar-refractivity contribution in [1.82, 2.24) is 19.3 Å². The van der Waals surface area contributed by atoms with Crippen LogP contribution in [-0.2, 0) is 26.6 Å². The average molecular weight is 353 g/mol. The number of esters is 1. The minimum atomic E-state index is -3.71. The zero-order chi connectivity index (χ0) is 14.2. The Bertz CT molecular complexity index is 580. The van der Waals surface area contributed by atoms with Crippen LogP contribution in [-0.4, -0.2) is 53.9 Å². The summed E-state index contributed by atoms with van der Waals surface area (Å²) < 4.78 is 32.1. The van der Waals surface area contributed by atoms with Gasteiger partial charge in [0.1, 0.15) is 0 Å². The van der Waals surface area contributed by atoms with E-state index in [9.17, 15) is 13.2 Å². The molecule has 1 fully saturated rings. The predicted octanol–water partition coefficient (Wildman–Crippen LogP) is -0.239. The Morgan fingerprint density at radius 3 is 2.74 bits per heavy atom. The molecule has 0 spiro atoms. The van der Waals surface area contributed by atoms with Crippen LogP contribution < -0.4 is 0 Å². The molecule has 0 N–H and O–H groups in total. The van der Waals surface area contributed by atoms with Crippen molar-refractivity contribution >= 4 is 31.9 Å². The molecule has 0 amide bonds. The van der Waals surface area contributed by atoms with Gasteiger partial charge in [0.05, 0.1) is 13.0 Å². The van der Waals surface area contributed by atoms with Gasteiger partial charge in [-0.05, 0) is 22.4 Å². The van der Waals surface area contributed by atoms with E-state index in [2.05, 4.69) is 31.0 Å². The quantitative estimate of drug-likeness (QED) is 0.697. The SMILES string of the molecule is COC(=O)C1CCN(S(=O)(=O)c2c(Br)nnn2C)C1. The third-order valence-electron chi connectivity index (χ3n) is 3.01. The van der Waals surface area contributed by atoms with Crippen molar-refractivity contribution in [1.29, 1.82) is 0 Å². The Morgan fingerprint density at radius 1 is 1.53 bits per heavy atom. The number of rotatable bonds is 3. The Kier molecular flexibility index (Phi) is 3.92. The van der Waals surface area contributed by atoms with Crippen LogP contribution in [0.4, 0.5) is 0 Å². The van der Waals surface area contributed by atoms with Crippen LogP contribution in [0.25, 0.3) is 0 Å². The highest BCUT2D eigenvalue weighted by atomic mass is 79.9. The molecule has 1 aliphatic heterocycles. The van der Waals surface area contributed by atoms with Crippen molar-refractivity contribution in [3.63, 3.8) is 0 Å². The standard InChI is InChI=1S/C9H13BrN4O4S/c1-13-8(7(10)11-12-13)19(16,17)14-4-3-6(5-14)9(15)18-2/h6H,3-5H2,1-2H3. The molecule has 1 aliphatic rings. The number of aromatic nitrogens is 3. The molecule has 0 bridgehead atoms. The van der Waals surface area contributed by atoms with Crippen LogP contribution in [0.3, 0.4) is 0 Å². The van der Waals surface area contributed by atoms with Crippen molar-refractivity contribution in [2.24, 2.45) is 13.0 Å². The van der Waals surface area contributed by atoms with Gasteiger partial charge in [-0.3, -0.25) is 4.79 Å². The van der Waals surface area contributed by atoms with Crippen LogP contribution in [0.2, 0.25) is 0 Å². The van der Waals surface area contributed by atoms with Gasteiger partial charge in [0.2, 0.25) is 5.03 Å². The largest absolute Gasteiger partial charge is 0.469 e. The topological polar surface area (TPSA) is 94.4 Å². The van der Waals surface area contributed by atoms with Gasteiger partial charge in [-0.25, -0.2) is 13.1 Å². The molecule has 106 valence electrons. The summed E-state index contributed by atoms with van der Waals surface area (Å²) in [6.07, 6.45) is 0.453. The number of sulfonamides is 1. The summed E-state index contributed by atoms with van der Waals surface area (Å²) in [5.74, 6) is -0.806. The molecule has 0 aliphatic carbocycles. The molecule has 1 aromatic heterocycles. The Morgan fingerprint density at radius 2 is 2.21 bits per heavy atom. The number of hydrogen-bond donors (Lipinski definition) is 0. The number of halogens is 1. The molecule has 1 saturated heterocycles. The highest BCUT2D eigenvalue weighted by Gasteiger charge is 2.39. The van der Waals surface area contributed by atoms with Crippen molar-refractivity contribution in [2.45, 2.75) is 11.4 Å². The minimum Gasteiger partial charge on any atom is -0.469 e. The fourth-order valence-electron chi connectivity index (χ4n) is 2.02. The summed E-state index contributed by atoms with van der Waals surface area (Å²) in [5, 5.41) is 7.29. The van der Waals surface area contributed by atoms with Crippen molar-refractivity contribution < 1.29 is 17.9 Å². The highest BCUT2D eigenvalue weighted by Crippen LogP contribution is 2.27. The molecule has 2 rings (SSSR count). The molecule has 2 heterocycles. The number of aryl methyl sites for hydroxylation is 1. The Balaban J connectivity index is 2.26. The number of hydrogen-bond acceptors (Lipinski definition) is 6. The van der Waals surface area contributed by atoms with E-state index in [4.69, 9.17) is 0 Å². The van der Waals surface area contributed by atoms with Crippen molar-refractivity contribution in [2.75, 3.05) is 20.2 Å². The summed E-state index contributed by atoms with van der Waals surface area (Å²) in [5.41, 5.74) is 0. The van der Waals surface area contributed by atoms with E-state index in [0.717, 1.165) is 0 Å². The maximum atomic E-state index is 12.4. The fourth-order valence-corrected chi connectivity index (χ4v) is 4.56. The van der Waals surface area contributed by atoms with Crippen LogP contribution in [0.1, 0.15) is 6.42 Å². The summed E-state index contributed by atoms with van der Waals surface area (Å²) in [4.78, 5) is 11.4.